The number of nitrogens with zero attached hydrogens (tertiary/aromatic N) is 1. The molecule has 0 radical (unpaired) electrons. The molecular formula is C11H21N. The molecule has 0 fully saturated rings. The predicted octanol–water partition coefficient (Wildman–Crippen LogP) is 3.61. The van der Waals surface area contributed by atoms with Gasteiger partial charge in [-0.15, -0.1) is 0 Å². The van der Waals surface area contributed by atoms with Crippen molar-refractivity contribution >= 4 is 0 Å². The third-order valence-corrected chi connectivity index (χ3v) is 3.37. The van der Waals surface area contributed by atoms with E-state index in [2.05, 4.69) is 47.6 Å². The Morgan fingerprint density at radius 2 is 1.58 bits per heavy atom. The minimum Gasteiger partial charge on any atom is -0.198 e. The first-order valence-corrected chi connectivity index (χ1v) is 4.67. The van der Waals surface area contributed by atoms with Gasteiger partial charge >= 0.3 is 0 Å². The molecule has 1 unspecified atom stereocenters. The van der Waals surface area contributed by atoms with Crippen LogP contribution in [-0.4, -0.2) is 0 Å². The topological polar surface area (TPSA) is 23.8 Å². The van der Waals surface area contributed by atoms with Gasteiger partial charge in [0, 0.05) is 0 Å². The fourth-order valence-corrected chi connectivity index (χ4v) is 1.29. The Labute approximate surface area is 76.8 Å². The Balaban J connectivity index is 4.73. The van der Waals surface area contributed by atoms with Crippen molar-refractivity contribution in [1.29, 1.82) is 5.26 Å². The van der Waals surface area contributed by atoms with Crippen LogP contribution in [0, 0.1) is 28.1 Å². The molecule has 0 aromatic rings. The van der Waals surface area contributed by atoms with Crippen LogP contribution in [0.2, 0.25) is 0 Å². The van der Waals surface area contributed by atoms with E-state index in [1.807, 2.05) is 0 Å². The van der Waals surface area contributed by atoms with Crippen molar-refractivity contribution in [2.75, 3.05) is 0 Å². The first kappa shape index (κ1) is 11.5. The summed E-state index contributed by atoms with van der Waals surface area (Å²) < 4.78 is 0. The lowest BCUT2D eigenvalue weighted by molar-refractivity contribution is 0.0804. The number of hydrogen-bond donors (Lipinski definition) is 0. The lowest BCUT2D eigenvalue weighted by Crippen LogP contribution is -2.36. The van der Waals surface area contributed by atoms with E-state index in [1.165, 1.54) is 0 Å². The van der Waals surface area contributed by atoms with Crippen molar-refractivity contribution in [2.24, 2.45) is 16.7 Å². The van der Waals surface area contributed by atoms with Gasteiger partial charge in [0.05, 0.1) is 12.0 Å². The average Bonchev–Trinajstić information content (AvgIpc) is 1.87. The quantitative estimate of drug-likeness (QED) is 0.616. The molecular weight excluding hydrogens is 146 g/mol. The maximum absolute atomic E-state index is 8.97. The molecule has 0 N–H and O–H groups in total. The van der Waals surface area contributed by atoms with Gasteiger partial charge in [-0.2, -0.15) is 5.26 Å². The molecule has 1 atom stereocenters. The third kappa shape index (κ3) is 2.00. The summed E-state index contributed by atoms with van der Waals surface area (Å²) in [6.45, 7) is 13.1. The third-order valence-electron chi connectivity index (χ3n) is 3.37. The maximum atomic E-state index is 8.97. The highest BCUT2D eigenvalue weighted by Crippen LogP contribution is 2.44. The monoisotopic (exact) mass is 167 g/mol. The molecule has 0 aliphatic carbocycles. The Kier molecular flexibility index (Phi) is 3.33. The predicted molar refractivity (Wildman–Crippen MR) is 52.6 cm³/mol. The van der Waals surface area contributed by atoms with Crippen molar-refractivity contribution in [3.8, 4) is 6.07 Å². The Hall–Kier alpha value is -0.510. The molecule has 0 bridgehead atoms. The SMILES string of the molecule is CCC(C#N)C(C)(C)C(C)(C)C. The fraction of sp³-hybridized carbons (Fsp3) is 0.909. The first-order chi connectivity index (χ1) is 5.27. The minimum absolute atomic E-state index is 0.0938. The van der Waals surface area contributed by atoms with Crippen molar-refractivity contribution in [1.82, 2.24) is 0 Å². The van der Waals surface area contributed by atoms with E-state index in [9.17, 15) is 0 Å². The molecule has 0 aromatic carbocycles. The second-order valence-electron chi connectivity index (χ2n) is 5.06. The molecule has 0 aliphatic heterocycles. The van der Waals surface area contributed by atoms with Crippen molar-refractivity contribution in [3.05, 3.63) is 0 Å². The zero-order valence-corrected chi connectivity index (χ0v) is 9.23. The molecule has 0 aromatic heterocycles. The molecule has 12 heavy (non-hydrogen) atoms. The molecule has 0 rings (SSSR count). The summed E-state index contributed by atoms with van der Waals surface area (Å²) in [6, 6.07) is 2.40. The maximum Gasteiger partial charge on any atom is 0.0661 e. The summed E-state index contributed by atoms with van der Waals surface area (Å²) in [5.74, 6) is 0.164. The first-order valence-electron chi connectivity index (χ1n) is 4.67. The van der Waals surface area contributed by atoms with Crippen LogP contribution < -0.4 is 0 Å². The van der Waals surface area contributed by atoms with E-state index in [0.29, 0.717) is 0 Å². The Morgan fingerprint density at radius 3 is 1.67 bits per heavy atom. The second kappa shape index (κ2) is 3.47. The van der Waals surface area contributed by atoms with Gasteiger partial charge in [0.2, 0.25) is 0 Å². The van der Waals surface area contributed by atoms with Gasteiger partial charge in [0.25, 0.3) is 0 Å². The van der Waals surface area contributed by atoms with Crippen LogP contribution >= 0.6 is 0 Å². The van der Waals surface area contributed by atoms with Gasteiger partial charge in [-0.1, -0.05) is 41.5 Å². The largest absolute Gasteiger partial charge is 0.198 e. The van der Waals surface area contributed by atoms with Crippen LogP contribution in [0.15, 0.2) is 0 Å². The molecule has 0 heterocycles. The number of hydrogen-bond acceptors (Lipinski definition) is 1. The van der Waals surface area contributed by atoms with Crippen molar-refractivity contribution in [2.45, 2.75) is 48.0 Å². The molecule has 0 saturated carbocycles. The number of rotatable bonds is 2. The van der Waals surface area contributed by atoms with Crippen LogP contribution in [0.25, 0.3) is 0 Å². The van der Waals surface area contributed by atoms with Gasteiger partial charge in [0.15, 0.2) is 0 Å². The lowest BCUT2D eigenvalue weighted by Gasteiger charge is -2.42. The van der Waals surface area contributed by atoms with Gasteiger partial charge < -0.3 is 0 Å². The highest BCUT2D eigenvalue weighted by atomic mass is 14.4. The van der Waals surface area contributed by atoms with E-state index in [-0.39, 0.29) is 16.7 Å². The minimum atomic E-state index is 0.0938. The van der Waals surface area contributed by atoms with Gasteiger partial charge in [-0.3, -0.25) is 0 Å². The van der Waals surface area contributed by atoms with E-state index < -0.39 is 0 Å². The molecule has 1 heteroatoms. The average molecular weight is 167 g/mol. The Bertz CT molecular complexity index is 178. The van der Waals surface area contributed by atoms with Crippen molar-refractivity contribution in [3.63, 3.8) is 0 Å². The van der Waals surface area contributed by atoms with Crippen molar-refractivity contribution < 1.29 is 0 Å². The van der Waals surface area contributed by atoms with Gasteiger partial charge in [0.1, 0.15) is 0 Å². The summed E-state index contributed by atoms with van der Waals surface area (Å²) in [6.07, 6.45) is 0.945. The summed E-state index contributed by atoms with van der Waals surface area (Å²) in [7, 11) is 0. The van der Waals surface area contributed by atoms with Gasteiger partial charge in [-0.05, 0) is 17.3 Å². The second-order valence-corrected chi connectivity index (χ2v) is 5.06. The van der Waals surface area contributed by atoms with E-state index >= 15 is 0 Å². The highest BCUT2D eigenvalue weighted by Gasteiger charge is 2.39. The van der Waals surface area contributed by atoms with Gasteiger partial charge in [-0.25, -0.2) is 0 Å². The van der Waals surface area contributed by atoms with Crippen LogP contribution in [0.1, 0.15) is 48.0 Å². The molecule has 1 nitrogen and oxygen atoms in total. The standard InChI is InChI=1S/C11H21N/c1-7-9(8-12)11(5,6)10(2,3)4/h9H,7H2,1-6H3. The summed E-state index contributed by atoms with van der Waals surface area (Å²) in [5.41, 5.74) is 0.292. The molecule has 70 valence electrons. The lowest BCUT2D eigenvalue weighted by atomic mass is 9.62. The smallest absolute Gasteiger partial charge is 0.0661 e. The summed E-state index contributed by atoms with van der Waals surface area (Å²) in [5, 5.41) is 8.97. The molecule has 0 amide bonds. The Morgan fingerprint density at radius 1 is 1.17 bits per heavy atom. The van der Waals surface area contributed by atoms with Crippen LogP contribution in [0.4, 0.5) is 0 Å². The zero-order chi connectivity index (χ0) is 9.99. The number of nitriles is 1. The molecule has 0 aliphatic rings. The summed E-state index contributed by atoms with van der Waals surface area (Å²) in [4.78, 5) is 0. The highest BCUT2D eigenvalue weighted by molar-refractivity contribution is 4.98. The zero-order valence-electron chi connectivity index (χ0n) is 9.23. The van der Waals surface area contributed by atoms with E-state index in [1.54, 1.807) is 0 Å². The molecule has 0 saturated heterocycles. The molecule has 0 spiro atoms. The van der Waals surface area contributed by atoms with Crippen LogP contribution in [0.5, 0.6) is 0 Å². The normalized spacial score (nSPS) is 15.4. The van der Waals surface area contributed by atoms with Crippen LogP contribution in [-0.2, 0) is 0 Å². The fourth-order valence-electron chi connectivity index (χ4n) is 1.29. The van der Waals surface area contributed by atoms with Crippen LogP contribution in [0.3, 0.4) is 0 Å². The van der Waals surface area contributed by atoms with E-state index in [0.717, 1.165) is 6.42 Å². The van der Waals surface area contributed by atoms with E-state index in [4.69, 9.17) is 5.26 Å². The summed E-state index contributed by atoms with van der Waals surface area (Å²) >= 11 is 0.